The standard InChI is InChI=1S/C14H14O4/c1-9(8-15)10-5-3-2-4-6-11-12(16)7-13(17)18-14(10)11/h2-7,9,15-16H,8H2,1H3/p+1/b3-2?,4-2-,5-3?,6-4?,10-5?,11-6-,14-10?. The molecule has 0 aliphatic heterocycles. The molecule has 1 atom stereocenters. The summed E-state index contributed by atoms with van der Waals surface area (Å²) in [5, 5.41) is 19.5. The maximum absolute atomic E-state index is 11.4. The molecule has 0 aromatic carbocycles. The van der Waals surface area contributed by atoms with Crippen LogP contribution in [0, 0.1) is 5.92 Å². The van der Waals surface area contributed by atoms with E-state index < -0.39 is 5.63 Å². The van der Waals surface area contributed by atoms with Crippen LogP contribution >= 0.6 is 0 Å². The molecule has 1 aromatic heterocycles. The first-order valence-electron chi connectivity index (χ1n) is 5.66. The number of aliphatic hydroxyl groups excluding tert-OH is 1. The molecule has 1 aliphatic carbocycles. The van der Waals surface area contributed by atoms with Crippen molar-refractivity contribution < 1.29 is 16.1 Å². The van der Waals surface area contributed by atoms with Gasteiger partial charge in [-0.05, 0) is 6.08 Å². The van der Waals surface area contributed by atoms with Crippen LogP contribution < -0.4 is 16.3 Å². The van der Waals surface area contributed by atoms with Crippen LogP contribution in [-0.2, 0) is 0 Å². The lowest BCUT2D eigenvalue weighted by Crippen LogP contribution is -2.33. The second kappa shape index (κ2) is 5.06. The Labute approximate surface area is 105 Å². The number of hydrogen-bond acceptors (Lipinski definition) is 4. The Morgan fingerprint density at radius 1 is 1.39 bits per heavy atom. The molecule has 0 bridgehead atoms. The summed E-state index contributed by atoms with van der Waals surface area (Å²) in [7, 11) is 0. The second-order valence-corrected chi connectivity index (χ2v) is 4.14. The van der Waals surface area contributed by atoms with Gasteiger partial charge in [-0.15, -0.1) is 0 Å². The summed E-state index contributed by atoms with van der Waals surface area (Å²) in [6.45, 7) is 1.75. The quantitative estimate of drug-likeness (QED) is 0.780. The summed E-state index contributed by atoms with van der Waals surface area (Å²) in [5.41, 5.74) is 0.378. The molecule has 2 N–H and O–H groups in total. The highest BCUT2D eigenvalue weighted by atomic mass is 16.4. The number of fused-ring (bicyclic) bond motifs is 1. The van der Waals surface area contributed by atoms with E-state index in [1.807, 2.05) is 6.92 Å². The predicted molar refractivity (Wildman–Crippen MR) is 69.4 cm³/mol. The topological polar surface area (TPSA) is 70.7 Å². The van der Waals surface area contributed by atoms with Crippen molar-refractivity contribution in [1.82, 2.24) is 0 Å². The number of aromatic hydroxyl groups is 1. The molecular weight excluding hydrogens is 232 g/mol. The molecule has 2 rings (SSSR count). The van der Waals surface area contributed by atoms with E-state index in [2.05, 4.69) is 0 Å². The van der Waals surface area contributed by atoms with Crippen LogP contribution in [0.3, 0.4) is 0 Å². The van der Waals surface area contributed by atoms with Crippen LogP contribution in [-0.4, -0.2) is 16.8 Å². The van der Waals surface area contributed by atoms with Gasteiger partial charge in [-0.25, -0.2) is 4.79 Å². The summed E-state index contributed by atoms with van der Waals surface area (Å²) in [4.78, 5) is 11.4. The van der Waals surface area contributed by atoms with Crippen LogP contribution in [0.5, 0.6) is 5.75 Å². The van der Waals surface area contributed by atoms with Crippen molar-refractivity contribution in [2.24, 2.45) is 5.92 Å². The minimum Gasteiger partial charge on any atom is -0.507 e. The molecule has 1 aliphatic rings. The molecule has 0 spiro atoms. The lowest BCUT2D eigenvalue weighted by atomic mass is 9.99. The molecule has 4 nitrogen and oxygen atoms in total. The van der Waals surface area contributed by atoms with Gasteiger partial charge in [-0.2, -0.15) is 0 Å². The van der Waals surface area contributed by atoms with Gasteiger partial charge in [0.05, 0.1) is 11.3 Å². The van der Waals surface area contributed by atoms with Crippen molar-refractivity contribution in [3.8, 4) is 5.75 Å². The average Bonchev–Trinajstić information content (AvgIpc) is 2.31. The van der Waals surface area contributed by atoms with E-state index >= 15 is 0 Å². The van der Waals surface area contributed by atoms with Crippen molar-refractivity contribution in [2.75, 3.05) is 6.61 Å². The summed E-state index contributed by atoms with van der Waals surface area (Å²) in [6, 6.07) is 1.04. The molecule has 1 aromatic rings. The van der Waals surface area contributed by atoms with E-state index in [0.717, 1.165) is 6.07 Å². The molecule has 4 heteroatoms. The fraction of sp³-hybridized carbons (Fsp3) is 0.214. The van der Waals surface area contributed by atoms with Gasteiger partial charge in [-0.3, -0.25) is 0 Å². The molecule has 18 heavy (non-hydrogen) atoms. The highest BCUT2D eigenvalue weighted by Crippen LogP contribution is 2.11. The van der Waals surface area contributed by atoms with Crippen LogP contribution in [0.1, 0.15) is 8.35 Å². The van der Waals surface area contributed by atoms with E-state index in [4.69, 9.17) is 4.42 Å². The largest absolute Gasteiger partial charge is 1.00 e. The SMILES string of the molecule is CC(CO)C1=c2oc(=O)cc(O)/c2=C/C=C\C=C1.[H+]. The lowest BCUT2D eigenvalue weighted by molar-refractivity contribution is 0.264. The molecule has 0 fully saturated rings. The maximum atomic E-state index is 11.4. The zero-order valence-corrected chi connectivity index (χ0v) is 9.96. The zero-order valence-electron chi connectivity index (χ0n) is 11.0. The molecule has 0 amide bonds. The first-order valence-corrected chi connectivity index (χ1v) is 5.66. The number of aliphatic hydroxyl groups is 1. The third-order valence-electron chi connectivity index (χ3n) is 2.81. The minimum atomic E-state index is -0.611. The lowest BCUT2D eigenvalue weighted by Gasteiger charge is -2.09. The van der Waals surface area contributed by atoms with Gasteiger partial charge in [0.25, 0.3) is 0 Å². The normalized spacial score (nSPS) is 19.2. The van der Waals surface area contributed by atoms with Gasteiger partial charge < -0.3 is 14.6 Å². The average molecular weight is 247 g/mol. The Kier molecular flexibility index (Phi) is 3.48. The van der Waals surface area contributed by atoms with Gasteiger partial charge in [0, 0.05) is 18.1 Å². The molecule has 1 unspecified atom stereocenters. The monoisotopic (exact) mass is 247 g/mol. The Morgan fingerprint density at radius 3 is 2.89 bits per heavy atom. The summed E-state index contributed by atoms with van der Waals surface area (Å²) < 4.78 is 5.17. The minimum absolute atomic E-state index is 0. The molecule has 0 radical (unpaired) electrons. The smallest absolute Gasteiger partial charge is 0.507 e. The van der Waals surface area contributed by atoms with Crippen LogP contribution in [0.25, 0.3) is 11.6 Å². The van der Waals surface area contributed by atoms with Crippen LogP contribution in [0.2, 0.25) is 0 Å². The first kappa shape index (κ1) is 12.4. The molecular formula is C14H15O4+. The van der Waals surface area contributed by atoms with E-state index in [1.165, 1.54) is 0 Å². The molecule has 1 heterocycles. The van der Waals surface area contributed by atoms with E-state index in [1.54, 1.807) is 30.4 Å². The van der Waals surface area contributed by atoms with Crippen molar-refractivity contribution in [3.05, 3.63) is 51.4 Å². The van der Waals surface area contributed by atoms with Gasteiger partial charge in [0.2, 0.25) is 0 Å². The molecule has 0 saturated heterocycles. The Bertz CT molecular complexity index is 682. The zero-order chi connectivity index (χ0) is 13.1. The van der Waals surface area contributed by atoms with Crippen LogP contribution in [0.4, 0.5) is 0 Å². The van der Waals surface area contributed by atoms with E-state index in [-0.39, 0.29) is 19.7 Å². The van der Waals surface area contributed by atoms with Gasteiger partial charge in [0.1, 0.15) is 11.2 Å². The van der Waals surface area contributed by atoms with E-state index in [0.29, 0.717) is 16.2 Å². The van der Waals surface area contributed by atoms with E-state index in [9.17, 15) is 15.0 Å². The van der Waals surface area contributed by atoms with Crippen molar-refractivity contribution >= 4 is 11.6 Å². The van der Waals surface area contributed by atoms with Gasteiger partial charge >= 0.3 is 7.05 Å². The highest BCUT2D eigenvalue weighted by Gasteiger charge is 2.11. The number of hydrogen-bond donors (Lipinski definition) is 2. The fourth-order valence-corrected chi connectivity index (χ4v) is 1.80. The highest BCUT2D eigenvalue weighted by molar-refractivity contribution is 5.61. The first-order chi connectivity index (χ1) is 8.63. The third kappa shape index (κ3) is 2.28. The summed E-state index contributed by atoms with van der Waals surface area (Å²) in [6.07, 6.45) is 8.78. The Balaban J connectivity index is 0.00000180. The fourth-order valence-electron chi connectivity index (χ4n) is 1.80. The predicted octanol–water partition coefficient (Wildman–Crippen LogP) is 0.144. The summed E-state index contributed by atoms with van der Waals surface area (Å²) in [5.74, 6) is -0.311. The van der Waals surface area contributed by atoms with Crippen molar-refractivity contribution in [3.63, 3.8) is 0 Å². The molecule has 94 valence electrons. The number of allylic oxidation sites excluding steroid dienone is 4. The Morgan fingerprint density at radius 2 is 2.17 bits per heavy atom. The second-order valence-electron chi connectivity index (χ2n) is 4.14. The Hall–Kier alpha value is -2.07. The number of rotatable bonds is 2. The van der Waals surface area contributed by atoms with Gasteiger partial charge in [-0.1, -0.05) is 31.2 Å². The third-order valence-corrected chi connectivity index (χ3v) is 2.81. The van der Waals surface area contributed by atoms with Gasteiger partial charge in [0.15, 0.2) is 0 Å². The van der Waals surface area contributed by atoms with Crippen molar-refractivity contribution in [1.29, 1.82) is 0 Å². The molecule has 0 saturated carbocycles. The van der Waals surface area contributed by atoms with Crippen molar-refractivity contribution in [2.45, 2.75) is 6.92 Å². The van der Waals surface area contributed by atoms with Crippen LogP contribution in [0.15, 0.2) is 39.6 Å². The maximum Gasteiger partial charge on any atom is 1.00 e. The summed E-state index contributed by atoms with van der Waals surface area (Å²) >= 11 is 0.